The van der Waals surface area contributed by atoms with E-state index in [2.05, 4.69) is 11.9 Å². The average molecular weight is 195 g/mol. The van der Waals surface area contributed by atoms with Gasteiger partial charge in [-0.25, -0.2) is 0 Å². The lowest BCUT2D eigenvalue weighted by atomic mass is 10.2. The summed E-state index contributed by atoms with van der Waals surface area (Å²) in [4.78, 5) is 11.4. The Kier molecular flexibility index (Phi) is 3.37. The minimum Gasteiger partial charge on any atom is -0.325 e. The highest BCUT2D eigenvalue weighted by Crippen LogP contribution is 2.26. The SMILES string of the molecule is C=CC1=C(C=CC)NC(=O)C1SC. The summed E-state index contributed by atoms with van der Waals surface area (Å²) >= 11 is 1.53. The van der Waals surface area contributed by atoms with E-state index in [1.807, 2.05) is 25.3 Å². The number of rotatable bonds is 3. The van der Waals surface area contributed by atoms with Crippen LogP contribution in [-0.2, 0) is 4.79 Å². The quantitative estimate of drug-likeness (QED) is 0.744. The molecule has 1 atom stereocenters. The first kappa shape index (κ1) is 10.1. The Labute approximate surface area is 82.8 Å². The second kappa shape index (κ2) is 4.33. The van der Waals surface area contributed by atoms with Crippen molar-refractivity contribution in [2.24, 2.45) is 0 Å². The van der Waals surface area contributed by atoms with Crippen LogP contribution in [0.5, 0.6) is 0 Å². The molecule has 0 aromatic rings. The van der Waals surface area contributed by atoms with E-state index in [0.717, 1.165) is 11.3 Å². The van der Waals surface area contributed by atoms with Crippen LogP contribution in [0.2, 0.25) is 0 Å². The summed E-state index contributed by atoms with van der Waals surface area (Å²) in [6.07, 6.45) is 7.47. The first-order valence-corrected chi connectivity index (χ1v) is 5.36. The van der Waals surface area contributed by atoms with Gasteiger partial charge in [-0.05, 0) is 24.8 Å². The van der Waals surface area contributed by atoms with E-state index < -0.39 is 0 Å². The van der Waals surface area contributed by atoms with Gasteiger partial charge in [0.1, 0.15) is 5.25 Å². The lowest BCUT2D eigenvalue weighted by Crippen LogP contribution is -2.22. The van der Waals surface area contributed by atoms with Gasteiger partial charge in [-0.3, -0.25) is 4.79 Å². The highest BCUT2D eigenvalue weighted by atomic mass is 32.2. The predicted molar refractivity (Wildman–Crippen MR) is 57.5 cm³/mol. The van der Waals surface area contributed by atoms with E-state index in [0.29, 0.717) is 0 Å². The van der Waals surface area contributed by atoms with Crippen molar-refractivity contribution in [2.75, 3.05) is 6.26 Å². The molecule has 1 aliphatic heterocycles. The topological polar surface area (TPSA) is 29.1 Å². The molecule has 0 radical (unpaired) electrons. The van der Waals surface area contributed by atoms with Gasteiger partial charge in [0, 0.05) is 5.70 Å². The van der Waals surface area contributed by atoms with Crippen molar-refractivity contribution < 1.29 is 4.79 Å². The molecule has 13 heavy (non-hydrogen) atoms. The lowest BCUT2D eigenvalue weighted by Gasteiger charge is -2.03. The molecule has 1 heterocycles. The maximum absolute atomic E-state index is 11.4. The molecule has 0 saturated heterocycles. The minimum atomic E-state index is -0.0938. The van der Waals surface area contributed by atoms with Gasteiger partial charge in [-0.2, -0.15) is 0 Å². The molecule has 0 fully saturated rings. The lowest BCUT2D eigenvalue weighted by molar-refractivity contribution is -0.118. The largest absolute Gasteiger partial charge is 0.325 e. The number of thioether (sulfide) groups is 1. The van der Waals surface area contributed by atoms with Gasteiger partial charge in [0.2, 0.25) is 5.91 Å². The molecule has 1 unspecified atom stereocenters. The molecule has 0 aromatic carbocycles. The average Bonchev–Trinajstić information content (AvgIpc) is 2.41. The summed E-state index contributed by atoms with van der Waals surface area (Å²) in [5.41, 5.74) is 1.86. The summed E-state index contributed by atoms with van der Waals surface area (Å²) in [6.45, 7) is 5.63. The normalized spacial score (nSPS) is 22.6. The fourth-order valence-electron chi connectivity index (χ4n) is 1.31. The van der Waals surface area contributed by atoms with Crippen LogP contribution in [0.15, 0.2) is 36.1 Å². The number of carbonyl (C=O) groups excluding carboxylic acids is 1. The number of allylic oxidation sites excluding steroid dienone is 3. The number of hydrogen-bond acceptors (Lipinski definition) is 2. The zero-order valence-electron chi connectivity index (χ0n) is 7.83. The molecule has 0 aromatic heterocycles. The number of hydrogen-bond donors (Lipinski definition) is 1. The van der Waals surface area contributed by atoms with Gasteiger partial charge < -0.3 is 5.32 Å². The van der Waals surface area contributed by atoms with Crippen LogP contribution >= 0.6 is 11.8 Å². The molecule has 1 aliphatic rings. The van der Waals surface area contributed by atoms with Gasteiger partial charge in [0.25, 0.3) is 0 Å². The fourth-order valence-corrected chi connectivity index (χ4v) is 2.06. The standard InChI is InChI=1S/C10H13NOS/c1-4-6-8-7(5-2)9(13-3)10(12)11-8/h4-6,9H,2H2,1,3H3,(H,11,12). The van der Waals surface area contributed by atoms with Crippen LogP contribution in [0, 0.1) is 0 Å². The van der Waals surface area contributed by atoms with Crippen LogP contribution < -0.4 is 5.32 Å². The maximum atomic E-state index is 11.4. The summed E-state index contributed by atoms with van der Waals surface area (Å²) in [5, 5.41) is 2.72. The number of nitrogens with one attached hydrogen (secondary N) is 1. The van der Waals surface area contributed by atoms with Gasteiger partial charge in [-0.1, -0.05) is 18.7 Å². The van der Waals surface area contributed by atoms with Crippen molar-refractivity contribution in [1.82, 2.24) is 5.32 Å². The van der Waals surface area contributed by atoms with Crippen molar-refractivity contribution in [2.45, 2.75) is 12.2 Å². The van der Waals surface area contributed by atoms with Gasteiger partial charge >= 0.3 is 0 Å². The molecule has 0 bridgehead atoms. The smallest absolute Gasteiger partial charge is 0.242 e. The molecule has 2 nitrogen and oxygen atoms in total. The predicted octanol–water partition coefficient (Wildman–Crippen LogP) is 1.86. The molecule has 1 rings (SSSR count). The van der Waals surface area contributed by atoms with E-state index in [1.54, 1.807) is 6.08 Å². The monoisotopic (exact) mass is 195 g/mol. The minimum absolute atomic E-state index is 0.0514. The van der Waals surface area contributed by atoms with Gasteiger partial charge in [0.05, 0.1) is 0 Å². The van der Waals surface area contributed by atoms with Gasteiger partial charge in [0.15, 0.2) is 0 Å². The van der Waals surface area contributed by atoms with E-state index in [4.69, 9.17) is 0 Å². The third kappa shape index (κ3) is 1.86. The Balaban J connectivity index is 3.02. The summed E-state index contributed by atoms with van der Waals surface area (Å²) in [7, 11) is 0. The number of carbonyl (C=O) groups is 1. The second-order valence-corrected chi connectivity index (χ2v) is 3.62. The van der Waals surface area contributed by atoms with E-state index in [-0.39, 0.29) is 11.2 Å². The molecule has 0 spiro atoms. The van der Waals surface area contributed by atoms with Crippen LogP contribution in [0.4, 0.5) is 0 Å². The van der Waals surface area contributed by atoms with Crippen LogP contribution in [0.1, 0.15) is 6.92 Å². The Hall–Kier alpha value is -0.960. The molecule has 3 heteroatoms. The fraction of sp³-hybridized carbons (Fsp3) is 0.300. The Morgan fingerprint density at radius 3 is 2.77 bits per heavy atom. The summed E-state index contributed by atoms with van der Waals surface area (Å²) in [6, 6.07) is 0. The molecule has 0 aliphatic carbocycles. The molecule has 0 saturated carbocycles. The van der Waals surface area contributed by atoms with Crippen LogP contribution in [-0.4, -0.2) is 17.4 Å². The molecule has 1 N–H and O–H groups in total. The van der Waals surface area contributed by atoms with Crippen molar-refractivity contribution in [3.63, 3.8) is 0 Å². The summed E-state index contributed by atoms with van der Waals surface area (Å²) in [5.74, 6) is 0.0514. The third-order valence-electron chi connectivity index (χ3n) is 1.88. The molecule has 70 valence electrons. The Bertz CT molecular complexity index is 291. The van der Waals surface area contributed by atoms with E-state index in [1.165, 1.54) is 11.8 Å². The van der Waals surface area contributed by atoms with Crippen LogP contribution in [0.25, 0.3) is 0 Å². The highest BCUT2D eigenvalue weighted by Gasteiger charge is 2.29. The zero-order chi connectivity index (χ0) is 9.84. The highest BCUT2D eigenvalue weighted by molar-refractivity contribution is 8.00. The number of amides is 1. The van der Waals surface area contributed by atoms with Crippen molar-refractivity contribution in [1.29, 1.82) is 0 Å². The molecular formula is C10H13NOS. The third-order valence-corrected chi connectivity index (χ3v) is 2.82. The van der Waals surface area contributed by atoms with E-state index >= 15 is 0 Å². The molecule has 1 amide bonds. The Morgan fingerprint density at radius 1 is 1.62 bits per heavy atom. The Morgan fingerprint density at radius 2 is 2.31 bits per heavy atom. The zero-order valence-corrected chi connectivity index (χ0v) is 8.65. The van der Waals surface area contributed by atoms with Gasteiger partial charge in [-0.15, -0.1) is 11.8 Å². The first-order valence-electron chi connectivity index (χ1n) is 4.07. The second-order valence-electron chi connectivity index (χ2n) is 2.68. The maximum Gasteiger partial charge on any atom is 0.242 e. The van der Waals surface area contributed by atoms with Crippen molar-refractivity contribution in [3.8, 4) is 0 Å². The van der Waals surface area contributed by atoms with Crippen molar-refractivity contribution >= 4 is 17.7 Å². The van der Waals surface area contributed by atoms with Crippen molar-refractivity contribution in [3.05, 3.63) is 36.1 Å². The van der Waals surface area contributed by atoms with Crippen LogP contribution in [0.3, 0.4) is 0 Å². The molecular weight excluding hydrogens is 182 g/mol. The first-order chi connectivity index (χ1) is 6.24. The summed E-state index contributed by atoms with van der Waals surface area (Å²) < 4.78 is 0. The van der Waals surface area contributed by atoms with E-state index in [9.17, 15) is 4.79 Å².